The van der Waals surface area contributed by atoms with E-state index in [0.717, 1.165) is 26.4 Å². The van der Waals surface area contributed by atoms with Crippen LogP contribution in [0.3, 0.4) is 0 Å². The Morgan fingerprint density at radius 1 is 1.57 bits per heavy atom. The molecule has 2 aromatic rings. The number of thiophene rings is 1. The summed E-state index contributed by atoms with van der Waals surface area (Å²) in [5.74, 6) is 0.723. The van der Waals surface area contributed by atoms with Crippen molar-refractivity contribution in [3.05, 3.63) is 21.5 Å². The van der Waals surface area contributed by atoms with Crippen molar-refractivity contribution in [2.24, 2.45) is 7.05 Å². The quantitative estimate of drug-likeness (QED) is 0.867. The van der Waals surface area contributed by atoms with Crippen LogP contribution in [0.25, 0.3) is 10.6 Å². The molecule has 0 aromatic carbocycles. The van der Waals surface area contributed by atoms with E-state index in [1.807, 2.05) is 25.4 Å². The number of nitrogen functional groups attached to an aromatic ring is 1. The number of nitrogens with zero attached hydrogens (tertiary/aromatic N) is 2. The molecule has 2 N–H and O–H groups in total. The van der Waals surface area contributed by atoms with Crippen molar-refractivity contribution in [1.82, 2.24) is 9.78 Å². The lowest BCUT2D eigenvalue weighted by Crippen LogP contribution is -1.97. The summed E-state index contributed by atoms with van der Waals surface area (Å²) in [5.41, 5.74) is 7.85. The summed E-state index contributed by atoms with van der Waals surface area (Å²) >= 11 is 5.15. The van der Waals surface area contributed by atoms with Crippen molar-refractivity contribution in [3.63, 3.8) is 0 Å². The third-order valence-electron chi connectivity index (χ3n) is 2.17. The van der Waals surface area contributed by atoms with Crippen LogP contribution in [0.5, 0.6) is 0 Å². The molecule has 0 amide bonds. The van der Waals surface area contributed by atoms with Gasteiger partial charge in [0.15, 0.2) is 0 Å². The Morgan fingerprint density at radius 2 is 2.29 bits per heavy atom. The minimum absolute atomic E-state index is 0.723. The van der Waals surface area contributed by atoms with Gasteiger partial charge in [-0.1, -0.05) is 0 Å². The zero-order valence-electron chi connectivity index (χ0n) is 7.91. The molecule has 2 rings (SSSR count). The number of nitrogens with two attached hydrogens (primary N) is 1. The van der Waals surface area contributed by atoms with E-state index >= 15 is 0 Å². The summed E-state index contributed by atoms with van der Waals surface area (Å²) in [6.07, 6.45) is 0. The van der Waals surface area contributed by atoms with E-state index in [-0.39, 0.29) is 0 Å². The number of aromatic nitrogens is 2. The Kier molecular flexibility index (Phi) is 2.36. The van der Waals surface area contributed by atoms with Gasteiger partial charge < -0.3 is 5.73 Å². The highest BCUT2D eigenvalue weighted by Crippen LogP contribution is 2.35. The van der Waals surface area contributed by atoms with Gasteiger partial charge in [-0.15, -0.1) is 11.3 Å². The summed E-state index contributed by atoms with van der Waals surface area (Å²) < 4.78 is 2.78. The zero-order chi connectivity index (χ0) is 10.3. The van der Waals surface area contributed by atoms with Gasteiger partial charge in [0.1, 0.15) is 11.5 Å². The van der Waals surface area contributed by atoms with Crippen LogP contribution in [0.1, 0.15) is 5.56 Å². The molecule has 74 valence electrons. The van der Waals surface area contributed by atoms with E-state index in [0.29, 0.717) is 0 Å². The van der Waals surface area contributed by atoms with E-state index < -0.39 is 0 Å². The molecule has 0 fully saturated rings. The van der Waals surface area contributed by atoms with Crippen molar-refractivity contribution in [3.8, 4) is 10.6 Å². The van der Waals surface area contributed by atoms with E-state index in [1.165, 1.54) is 0 Å². The average Bonchev–Trinajstić information content (AvgIpc) is 2.66. The Bertz CT molecular complexity index is 472. The molecule has 0 aliphatic carbocycles. The van der Waals surface area contributed by atoms with E-state index in [9.17, 15) is 0 Å². The molecule has 2 aromatic heterocycles. The predicted molar refractivity (Wildman–Crippen MR) is 63.4 cm³/mol. The molecule has 0 saturated heterocycles. The minimum Gasteiger partial charge on any atom is -0.384 e. The summed E-state index contributed by atoms with van der Waals surface area (Å²) in [5, 5.41) is 6.42. The Morgan fingerprint density at radius 3 is 2.71 bits per heavy atom. The fourth-order valence-corrected chi connectivity index (χ4v) is 2.92. The molecule has 0 saturated carbocycles. The lowest BCUT2D eigenvalue weighted by molar-refractivity contribution is 0.782. The topological polar surface area (TPSA) is 43.8 Å². The smallest absolute Gasteiger partial charge is 0.124 e. The molecule has 0 aliphatic rings. The Hall–Kier alpha value is -0.810. The van der Waals surface area contributed by atoms with Crippen LogP contribution >= 0.6 is 27.3 Å². The van der Waals surface area contributed by atoms with Gasteiger partial charge in [0.05, 0.1) is 4.88 Å². The number of anilines is 1. The SMILES string of the molecule is Cc1c(-c2sccc2Br)nn(C)c1N. The number of hydrogen-bond donors (Lipinski definition) is 1. The Balaban J connectivity index is 2.63. The highest BCUT2D eigenvalue weighted by Gasteiger charge is 2.14. The van der Waals surface area contributed by atoms with E-state index in [4.69, 9.17) is 5.73 Å². The van der Waals surface area contributed by atoms with Gasteiger partial charge in [-0.25, -0.2) is 0 Å². The maximum atomic E-state index is 5.85. The Labute approximate surface area is 94.7 Å². The molecular formula is C9H10BrN3S. The largest absolute Gasteiger partial charge is 0.384 e. The second kappa shape index (κ2) is 3.40. The lowest BCUT2D eigenvalue weighted by Gasteiger charge is -1.94. The summed E-state index contributed by atoms with van der Waals surface area (Å²) in [6, 6.07) is 2.02. The number of rotatable bonds is 1. The summed E-state index contributed by atoms with van der Waals surface area (Å²) in [7, 11) is 1.85. The first-order valence-electron chi connectivity index (χ1n) is 4.13. The van der Waals surface area contributed by atoms with Crippen LogP contribution in [0.15, 0.2) is 15.9 Å². The highest BCUT2D eigenvalue weighted by molar-refractivity contribution is 9.10. The molecule has 5 heteroatoms. The highest BCUT2D eigenvalue weighted by atomic mass is 79.9. The van der Waals surface area contributed by atoms with E-state index in [1.54, 1.807) is 16.0 Å². The van der Waals surface area contributed by atoms with Crippen LogP contribution < -0.4 is 5.73 Å². The van der Waals surface area contributed by atoms with Crippen LogP contribution in [0, 0.1) is 6.92 Å². The van der Waals surface area contributed by atoms with Crippen molar-refractivity contribution in [2.75, 3.05) is 5.73 Å². The molecule has 14 heavy (non-hydrogen) atoms. The van der Waals surface area contributed by atoms with Gasteiger partial charge in [-0.3, -0.25) is 4.68 Å². The fourth-order valence-electron chi connectivity index (χ4n) is 1.32. The molecular weight excluding hydrogens is 262 g/mol. The van der Waals surface area contributed by atoms with Crippen LogP contribution in [0.2, 0.25) is 0 Å². The van der Waals surface area contributed by atoms with Crippen LogP contribution in [-0.4, -0.2) is 9.78 Å². The normalized spacial score (nSPS) is 10.8. The maximum Gasteiger partial charge on any atom is 0.124 e. The zero-order valence-corrected chi connectivity index (χ0v) is 10.3. The number of aryl methyl sites for hydroxylation is 1. The maximum absolute atomic E-state index is 5.85. The summed E-state index contributed by atoms with van der Waals surface area (Å²) in [4.78, 5) is 1.13. The minimum atomic E-state index is 0.723. The lowest BCUT2D eigenvalue weighted by atomic mass is 10.2. The van der Waals surface area contributed by atoms with Crippen molar-refractivity contribution in [1.29, 1.82) is 0 Å². The molecule has 3 nitrogen and oxygen atoms in total. The fraction of sp³-hybridized carbons (Fsp3) is 0.222. The van der Waals surface area contributed by atoms with Gasteiger partial charge >= 0.3 is 0 Å². The molecule has 0 spiro atoms. The van der Waals surface area contributed by atoms with Gasteiger partial charge in [-0.2, -0.15) is 5.10 Å². The number of halogens is 1. The second-order valence-corrected chi connectivity index (χ2v) is 4.85. The van der Waals surface area contributed by atoms with Crippen molar-refractivity contribution >= 4 is 33.1 Å². The van der Waals surface area contributed by atoms with Gasteiger partial charge in [-0.05, 0) is 34.3 Å². The molecule has 0 radical (unpaired) electrons. The third-order valence-corrected chi connectivity index (χ3v) is 4.01. The van der Waals surface area contributed by atoms with E-state index in [2.05, 4.69) is 21.0 Å². The van der Waals surface area contributed by atoms with Gasteiger partial charge in [0, 0.05) is 17.1 Å². The summed E-state index contributed by atoms with van der Waals surface area (Å²) in [6.45, 7) is 1.99. The van der Waals surface area contributed by atoms with Gasteiger partial charge in [0.25, 0.3) is 0 Å². The first-order valence-corrected chi connectivity index (χ1v) is 5.81. The first-order chi connectivity index (χ1) is 6.61. The predicted octanol–water partition coefficient (Wildman–Crippen LogP) is 2.80. The second-order valence-electron chi connectivity index (χ2n) is 3.08. The van der Waals surface area contributed by atoms with Crippen molar-refractivity contribution in [2.45, 2.75) is 6.92 Å². The van der Waals surface area contributed by atoms with Crippen LogP contribution in [0.4, 0.5) is 5.82 Å². The first kappa shape index (κ1) is 9.73. The van der Waals surface area contributed by atoms with Crippen molar-refractivity contribution < 1.29 is 0 Å². The molecule has 0 unspecified atom stereocenters. The molecule has 0 aliphatic heterocycles. The van der Waals surface area contributed by atoms with Gasteiger partial charge in [0.2, 0.25) is 0 Å². The molecule has 0 bridgehead atoms. The number of hydrogen-bond acceptors (Lipinski definition) is 3. The monoisotopic (exact) mass is 271 g/mol. The standard InChI is InChI=1S/C9H10BrN3S/c1-5-7(12-13(2)9(5)11)8-6(10)3-4-14-8/h3-4H,11H2,1-2H3. The van der Waals surface area contributed by atoms with Crippen LogP contribution in [-0.2, 0) is 7.05 Å². The third kappa shape index (κ3) is 1.36. The molecule has 0 atom stereocenters. The average molecular weight is 272 g/mol. The molecule has 2 heterocycles.